The molecule has 31 heavy (non-hydrogen) atoms. The average molecular weight is 493 g/mol. The van der Waals surface area contributed by atoms with E-state index in [1.54, 1.807) is 0 Å². The number of carbonyl (C=O) groups excluding carboxylic acids is 1. The molecule has 1 saturated carbocycles. The molecule has 1 amide bonds. The van der Waals surface area contributed by atoms with E-state index in [0.29, 0.717) is 12.6 Å². The smallest absolute Gasteiger partial charge is 0.410 e. The van der Waals surface area contributed by atoms with Crippen LogP contribution in [0.1, 0.15) is 63.9 Å². The summed E-state index contributed by atoms with van der Waals surface area (Å²) in [7, 11) is 0. The Kier molecular flexibility index (Phi) is 8.16. The number of cyclic esters (lactones) is 1. The highest BCUT2D eigenvalue weighted by Crippen LogP contribution is 2.30. The van der Waals surface area contributed by atoms with E-state index in [1.807, 2.05) is 17.9 Å². The van der Waals surface area contributed by atoms with Crippen LogP contribution in [0.4, 0.5) is 4.79 Å². The summed E-state index contributed by atoms with van der Waals surface area (Å²) in [4.78, 5) is 16.9. The highest BCUT2D eigenvalue weighted by Gasteiger charge is 2.36. The van der Waals surface area contributed by atoms with Crippen molar-refractivity contribution >= 4 is 22.0 Å². The summed E-state index contributed by atoms with van der Waals surface area (Å²) in [5, 5.41) is 0. The third-order valence-electron chi connectivity index (χ3n) is 7.23. The van der Waals surface area contributed by atoms with Gasteiger partial charge >= 0.3 is 6.09 Å². The summed E-state index contributed by atoms with van der Waals surface area (Å²) in [5.41, 5.74) is 1.35. The van der Waals surface area contributed by atoms with Crippen LogP contribution in [0.5, 0.6) is 5.75 Å². The third kappa shape index (κ3) is 6.16. The van der Waals surface area contributed by atoms with E-state index in [9.17, 15) is 4.79 Å². The summed E-state index contributed by atoms with van der Waals surface area (Å²) in [5.74, 6) is 1.68. The normalized spacial score (nSPS) is 23.9. The number of nitrogens with zero attached hydrogens (tertiary/aromatic N) is 2. The predicted octanol–water partition coefficient (Wildman–Crippen LogP) is 5.65. The lowest BCUT2D eigenvalue weighted by Crippen LogP contribution is -2.38. The van der Waals surface area contributed by atoms with Crippen LogP contribution >= 0.6 is 15.9 Å². The van der Waals surface area contributed by atoms with Crippen molar-refractivity contribution in [3.8, 4) is 5.75 Å². The zero-order valence-electron chi connectivity index (χ0n) is 18.9. The van der Waals surface area contributed by atoms with Crippen LogP contribution in [0.2, 0.25) is 0 Å². The van der Waals surface area contributed by atoms with Crippen LogP contribution in [0.3, 0.4) is 0 Å². The van der Waals surface area contributed by atoms with E-state index in [0.717, 1.165) is 63.5 Å². The molecule has 0 radical (unpaired) electrons. The summed E-state index contributed by atoms with van der Waals surface area (Å²) < 4.78 is 12.6. The van der Waals surface area contributed by atoms with Crippen molar-refractivity contribution in [2.24, 2.45) is 5.92 Å². The van der Waals surface area contributed by atoms with Crippen LogP contribution in [0.15, 0.2) is 22.7 Å². The third-order valence-corrected chi connectivity index (χ3v) is 8.00. The number of likely N-dealkylation sites (tertiary alicyclic amines) is 1. The topological polar surface area (TPSA) is 42.0 Å². The summed E-state index contributed by atoms with van der Waals surface area (Å²) in [6, 6.07) is 6.74. The van der Waals surface area contributed by atoms with Crippen LogP contribution in [0.25, 0.3) is 0 Å². The first kappa shape index (κ1) is 22.9. The molecule has 0 spiro atoms. The van der Waals surface area contributed by atoms with Gasteiger partial charge in [-0.1, -0.05) is 35.2 Å². The molecule has 1 unspecified atom stereocenters. The molecule has 2 saturated heterocycles. The Labute approximate surface area is 195 Å². The van der Waals surface area contributed by atoms with Gasteiger partial charge in [0, 0.05) is 17.1 Å². The number of rotatable bonds is 8. The van der Waals surface area contributed by atoms with Gasteiger partial charge in [-0.3, -0.25) is 0 Å². The minimum Gasteiger partial charge on any atom is -0.494 e. The monoisotopic (exact) mass is 492 g/mol. The predicted molar refractivity (Wildman–Crippen MR) is 127 cm³/mol. The van der Waals surface area contributed by atoms with Crippen LogP contribution in [0, 0.1) is 5.92 Å². The fourth-order valence-corrected chi connectivity index (χ4v) is 5.81. The molecule has 5 nitrogen and oxygen atoms in total. The standard InChI is InChI=1S/C25H37BrN2O3/c1-2-30-22-8-9-24(26)20(17-22)16-19-10-13-27(14-11-19)15-12-23-18-28(25(29)31-23)21-6-4-3-5-7-21/h8-9,17,19,21,23H,2-7,10-16,18H2,1H3. The zero-order chi connectivity index (χ0) is 21.6. The van der Waals surface area contributed by atoms with Crippen molar-refractivity contribution in [2.75, 3.05) is 32.8 Å². The van der Waals surface area contributed by atoms with Crippen LogP contribution in [-0.2, 0) is 11.2 Å². The second kappa shape index (κ2) is 11.0. The van der Waals surface area contributed by atoms with E-state index in [1.165, 1.54) is 42.1 Å². The van der Waals surface area contributed by atoms with Crippen molar-refractivity contribution in [1.82, 2.24) is 9.80 Å². The van der Waals surface area contributed by atoms with Gasteiger partial charge in [0.05, 0.1) is 13.2 Å². The minimum atomic E-state index is -0.0736. The zero-order valence-corrected chi connectivity index (χ0v) is 20.4. The SMILES string of the molecule is CCOc1ccc(Br)c(CC2CCN(CCC3CN(C4CCCCC4)C(=O)O3)CC2)c1. The molecule has 4 rings (SSSR count). The van der Waals surface area contributed by atoms with E-state index in [4.69, 9.17) is 9.47 Å². The molecule has 3 fully saturated rings. The molecule has 0 aromatic heterocycles. The second-order valence-corrected chi connectivity index (χ2v) is 10.3. The first-order valence-corrected chi connectivity index (χ1v) is 13.0. The molecule has 0 N–H and O–H groups in total. The summed E-state index contributed by atoms with van der Waals surface area (Å²) >= 11 is 3.71. The van der Waals surface area contributed by atoms with Gasteiger partial charge < -0.3 is 19.3 Å². The highest BCUT2D eigenvalue weighted by atomic mass is 79.9. The van der Waals surface area contributed by atoms with Gasteiger partial charge in [-0.05, 0) is 88.2 Å². The lowest BCUT2D eigenvalue weighted by molar-refractivity contribution is 0.110. The summed E-state index contributed by atoms with van der Waals surface area (Å²) in [6.07, 6.45) is 10.6. The fraction of sp³-hybridized carbons (Fsp3) is 0.720. The van der Waals surface area contributed by atoms with Gasteiger partial charge in [-0.15, -0.1) is 0 Å². The van der Waals surface area contributed by atoms with Gasteiger partial charge in [0.2, 0.25) is 0 Å². The van der Waals surface area contributed by atoms with E-state index >= 15 is 0 Å². The quantitative estimate of drug-likeness (QED) is 0.470. The van der Waals surface area contributed by atoms with E-state index in [-0.39, 0.29) is 12.2 Å². The molecule has 0 bridgehead atoms. The first-order valence-electron chi connectivity index (χ1n) is 12.2. The Morgan fingerprint density at radius 2 is 1.90 bits per heavy atom. The van der Waals surface area contributed by atoms with Crippen LogP contribution < -0.4 is 4.74 Å². The largest absolute Gasteiger partial charge is 0.494 e. The maximum Gasteiger partial charge on any atom is 0.410 e. The number of amides is 1. The number of hydrogen-bond acceptors (Lipinski definition) is 4. The molecule has 1 atom stereocenters. The average Bonchev–Trinajstić information content (AvgIpc) is 3.17. The fourth-order valence-electron chi connectivity index (χ4n) is 5.40. The Hall–Kier alpha value is -1.27. The molecular formula is C25H37BrN2O3. The Morgan fingerprint density at radius 3 is 2.65 bits per heavy atom. The Morgan fingerprint density at radius 1 is 1.13 bits per heavy atom. The van der Waals surface area contributed by atoms with Crippen molar-refractivity contribution in [2.45, 2.75) is 76.9 Å². The van der Waals surface area contributed by atoms with Gasteiger partial charge in [0.1, 0.15) is 11.9 Å². The maximum absolute atomic E-state index is 12.3. The van der Waals surface area contributed by atoms with E-state index < -0.39 is 0 Å². The molecule has 2 aliphatic heterocycles. The highest BCUT2D eigenvalue weighted by molar-refractivity contribution is 9.10. The van der Waals surface area contributed by atoms with Crippen molar-refractivity contribution in [3.05, 3.63) is 28.2 Å². The molecule has 1 aliphatic carbocycles. The second-order valence-electron chi connectivity index (χ2n) is 9.41. The summed E-state index contributed by atoms with van der Waals surface area (Å²) in [6.45, 7) is 6.84. The Bertz CT molecular complexity index is 729. The molecular weight excluding hydrogens is 456 g/mol. The molecule has 6 heteroatoms. The van der Waals surface area contributed by atoms with Crippen molar-refractivity contribution in [3.63, 3.8) is 0 Å². The number of hydrogen-bond donors (Lipinski definition) is 0. The molecule has 1 aromatic rings. The minimum absolute atomic E-state index is 0.0735. The Balaban J connectivity index is 1.19. The lowest BCUT2D eigenvalue weighted by Gasteiger charge is -2.32. The van der Waals surface area contributed by atoms with Gasteiger partial charge in [-0.2, -0.15) is 0 Å². The van der Waals surface area contributed by atoms with E-state index in [2.05, 4.69) is 33.0 Å². The maximum atomic E-state index is 12.3. The molecule has 172 valence electrons. The van der Waals surface area contributed by atoms with Crippen molar-refractivity contribution in [1.29, 1.82) is 0 Å². The molecule has 1 aromatic carbocycles. The number of piperidine rings is 1. The van der Waals surface area contributed by atoms with Gasteiger partial charge in [0.15, 0.2) is 0 Å². The number of halogens is 1. The van der Waals surface area contributed by atoms with Crippen LogP contribution in [-0.4, -0.2) is 60.8 Å². The number of ether oxygens (including phenoxy) is 2. The van der Waals surface area contributed by atoms with Crippen molar-refractivity contribution < 1.29 is 14.3 Å². The lowest BCUT2D eigenvalue weighted by atomic mass is 9.90. The molecule has 3 aliphatic rings. The van der Waals surface area contributed by atoms with Gasteiger partial charge in [-0.25, -0.2) is 4.79 Å². The first-order chi connectivity index (χ1) is 15.1. The molecule has 2 heterocycles. The van der Waals surface area contributed by atoms with Gasteiger partial charge in [0.25, 0.3) is 0 Å². The number of benzene rings is 1. The number of carbonyl (C=O) groups is 1.